The summed E-state index contributed by atoms with van der Waals surface area (Å²) in [5, 5.41) is 9.39. The molecule has 1 aromatic carbocycles. The molecule has 9 heteroatoms. The average Bonchev–Trinajstić information content (AvgIpc) is 2.68. The molecule has 1 saturated heterocycles. The van der Waals surface area contributed by atoms with E-state index in [0.717, 1.165) is 19.2 Å². The number of ether oxygens (including phenoxy) is 2. The molecule has 2 aliphatic rings. The van der Waals surface area contributed by atoms with Crippen LogP contribution in [0.25, 0.3) is 0 Å². The van der Waals surface area contributed by atoms with E-state index in [4.69, 9.17) is 9.47 Å². The van der Waals surface area contributed by atoms with E-state index in [-0.39, 0.29) is 18.4 Å². The minimum absolute atomic E-state index is 0.0309. The molecular weight excluding hydrogens is 351 g/mol. The van der Waals surface area contributed by atoms with Crippen molar-refractivity contribution in [2.24, 2.45) is 5.41 Å². The molecule has 1 N–H and O–H groups in total. The van der Waals surface area contributed by atoms with Crippen molar-refractivity contribution in [2.75, 3.05) is 7.11 Å². The van der Waals surface area contributed by atoms with E-state index in [0.29, 0.717) is 0 Å². The maximum Gasteiger partial charge on any atom is 0.418 e. The van der Waals surface area contributed by atoms with Gasteiger partial charge in [-0.3, -0.25) is 0 Å². The first-order valence-electron chi connectivity index (χ1n) is 7.49. The third kappa shape index (κ3) is 2.11. The Morgan fingerprint density at radius 1 is 1.32 bits per heavy atom. The van der Waals surface area contributed by atoms with Gasteiger partial charge in [-0.15, -0.1) is 0 Å². The standard InChI is InChI=1S/C16H15F5O4/c1-14-5-6-15(14,16(19,20)21)25-12(13(22)23)9(14)7-3-4-8(17)10(18)11(7)24-2/h3-4,9,12H,5-6H2,1-2H3,(H,22,23). The molecular formula is C16H15F5O4. The third-order valence-corrected chi connectivity index (χ3v) is 5.56. The van der Waals surface area contributed by atoms with E-state index in [1.54, 1.807) is 0 Å². The van der Waals surface area contributed by atoms with Gasteiger partial charge in [0.1, 0.15) is 0 Å². The van der Waals surface area contributed by atoms with E-state index in [1.165, 1.54) is 6.92 Å². The molecule has 4 nitrogen and oxygen atoms in total. The van der Waals surface area contributed by atoms with E-state index in [2.05, 4.69) is 0 Å². The molecule has 25 heavy (non-hydrogen) atoms. The molecule has 0 amide bonds. The fourth-order valence-corrected chi connectivity index (χ4v) is 4.20. The SMILES string of the molecule is COc1c(C2C(C(=O)O)OC3(C(F)(F)F)CCC23C)ccc(F)c1F. The summed E-state index contributed by atoms with van der Waals surface area (Å²) in [7, 11) is 1.03. The quantitative estimate of drug-likeness (QED) is 0.830. The maximum atomic E-state index is 14.0. The number of hydrogen-bond donors (Lipinski definition) is 1. The Kier molecular flexibility index (Phi) is 3.79. The van der Waals surface area contributed by atoms with Crippen LogP contribution >= 0.6 is 0 Å². The summed E-state index contributed by atoms with van der Waals surface area (Å²) < 4.78 is 78.3. The second kappa shape index (κ2) is 5.30. The second-order valence-electron chi connectivity index (χ2n) is 6.58. The molecule has 4 atom stereocenters. The van der Waals surface area contributed by atoms with Crippen molar-refractivity contribution in [3.8, 4) is 5.75 Å². The van der Waals surface area contributed by atoms with Crippen LogP contribution in [-0.4, -0.2) is 36.1 Å². The molecule has 0 spiro atoms. The normalized spacial score (nSPS) is 34.4. The molecule has 1 saturated carbocycles. The molecule has 0 aromatic heterocycles. The van der Waals surface area contributed by atoms with Crippen LogP contribution in [0.15, 0.2) is 12.1 Å². The average molecular weight is 366 g/mol. The van der Waals surface area contributed by atoms with Gasteiger partial charge in [0, 0.05) is 16.9 Å². The number of rotatable bonds is 3. The highest BCUT2D eigenvalue weighted by molar-refractivity contribution is 5.75. The van der Waals surface area contributed by atoms with Crippen molar-refractivity contribution in [3.63, 3.8) is 0 Å². The monoisotopic (exact) mass is 366 g/mol. The number of aliphatic carboxylic acids is 1. The lowest BCUT2D eigenvalue weighted by Gasteiger charge is -2.54. The maximum absolute atomic E-state index is 14.0. The van der Waals surface area contributed by atoms with Gasteiger partial charge < -0.3 is 14.6 Å². The number of benzene rings is 1. The van der Waals surface area contributed by atoms with Crippen LogP contribution in [0, 0.1) is 17.0 Å². The molecule has 1 aliphatic heterocycles. The van der Waals surface area contributed by atoms with E-state index < -0.39 is 52.6 Å². The molecule has 0 bridgehead atoms. The number of methoxy groups -OCH3 is 1. The van der Waals surface area contributed by atoms with Crippen LogP contribution in [0.2, 0.25) is 0 Å². The largest absolute Gasteiger partial charge is 0.493 e. The van der Waals surface area contributed by atoms with Crippen molar-refractivity contribution in [1.29, 1.82) is 0 Å². The summed E-state index contributed by atoms with van der Waals surface area (Å²) in [6.45, 7) is 1.26. The van der Waals surface area contributed by atoms with Crippen molar-refractivity contribution < 1.29 is 41.3 Å². The fourth-order valence-electron chi connectivity index (χ4n) is 4.20. The number of carbonyl (C=O) groups is 1. The zero-order chi connectivity index (χ0) is 18.8. The lowest BCUT2D eigenvalue weighted by Crippen LogP contribution is -2.63. The van der Waals surface area contributed by atoms with E-state index in [1.807, 2.05) is 0 Å². The molecule has 0 radical (unpaired) electrons. The predicted molar refractivity (Wildman–Crippen MR) is 74.3 cm³/mol. The number of hydrogen-bond acceptors (Lipinski definition) is 3. The van der Waals surface area contributed by atoms with Crippen LogP contribution in [0.4, 0.5) is 22.0 Å². The van der Waals surface area contributed by atoms with Crippen molar-refractivity contribution >= 4 is 5.97 Å². The van der Waals surface area contributed by atoms with E-state index in [9.17, 15) is 31.9 Å². The Hall–Kier alpha value is -1.90. The number of fused-ring (bicyclic) bond motifs is 1. The van der Waals surface area contributed by atoms with Gasteiger partial charge in [-0.05, 0) is 18.9 Å². The lowest BCUT2D eigenvalue weighted by atomic mass is 9.51. The highest BCUT2D eigenvalue weighted by atomic mass is 19.4. The lowest BCUT2D eigenvalue weighted by molar-refractivity contribution is -0.329. The van der Waals surface area contributed by atoms with Gasteiger partial charge in [0.2, 0.25) is 5.82 Å². The molecule has 138 valence electrons. The van der Waals surface area contributed by atoms with Gasteiger partial charge in [0.25, 0.3) is 0 Å². The number of halogens is 5. The number of alkyl halides is 3. The fraction of sp³-hybridized carbons (Fsp3) is 0.562. The van der Waals surface area contributed by atoms with Crippen LogP contribution in [0.5, 0.6) is 5.75 Å². The number of carboxylic acid groups (broad SMARTS) is 1. The number of carboxylic acids is 1. The van der Waals surface area contributed by atoms with Crippen LogP contribution < -0.4 is 4.74 Å². The first-order valence-corrected chi connectivity index (χ1v) is 7.49. The predicted octanol–water partition coefficient (Wildman–Crippen LogP) is 3.64. The van der Waals surface area contributed by atoms with Gasteiger partial charge in [-0.2, -0.15) is 17.6 Å². The highest BCUT2D eigenvalue weighted by Gasteiger charge is 2.80. The van der Waals surface area contributed by atoms with Crippen LogP contribution in [-0.2, 0) is 9.53 Å². The zero-order valence-electron chi connectivity index (χ0n) is 13.3. The zero-order valence-corrected chi connectivity index (χ0v) is 13.3. The summed E-state index contributed by atoms with van der Waals surface area (Å²) in [5.74, 6) is -6.17. The first kappa shape index (κ1) is 17.9. The van der Waals surface area contributed by atoms with Gasteiger partial charge in [-0.1, -0.05) is 13.0 Å². The Bertz CT molecular complexity index is 734. The summed E-state index contributed by atoms with van der Waals surface area (Å²) in [5.41, 5.74) is -4.42. The van der Waals surface area contributed by atoms with Crippen molar-refractivity contribution in [2.45, 2.75) is 43.6 Å². The smallest absolute Gasteiger partial charge is 0.418 e. The Labute approximate surface area is 139 Å². The van der Waals surface area contributed by atoms with Crippen molar-refractivity contribution in [3.05, 3.63) is 29.3 Å². The van der Waals surface area contributed by atoms with Gasteiger partial charge in [-0.25, -0.2) is 9.18 Å². The first-order chi connectivity index (χ1) is 11.5. The Morgan fingerprint density at radius 2 is 1.96 bits per heavy atom. The molecule has 3 rings (SSSR count). The minimum Gasteiger partial charge on any atom is -0.493 e. The Morgan fingerprint density at radius 3 is 2.40 bits per heavy atom. The minimum atomic E-state index is -4.80. The summed E-state index contributed by atoms with van der Waals surface area (Å²) >= 11 is 0. The highest BCUT2D eigenvalue weighted by Crippen LogP contribution is 2.71. The topological polar surface area (TPSA) is 55.8 Å². The van der Waals surface area contributed by atoms with Crippen LogP contribution in [0.1, 0.15) is 31.2 Å². The Balaban J connectivity index is 2.21. The molecule has 1 aliphatic carbocycles. The van der Waals surface area contributed by atoms with Gasteiger partial charge >= 0.3 is 12.1 Å². The van der Waals surface area contributed by atoms with Crippen LogP contribution in [0.3, 0.4) is 0 Å². The van der Waals surface area contributed by atoms with E-state index >= 15 is 0 Å². The summed E-state index contributed by atoms with van der Waals surface area (Å²) in [6, 6.07) is 1.79. The van der Waals surface area contributed by atoms with Gasteiger partial charge in [0.15, 0.2) is 23.3 Å². The van der Waals surface area contributed by atoms with Crippen molar-refractivity contribution in [1.82, 2.24) is 0 Å². The van der Waals surface area contributed by atoms with Gasteiger partial charge in [0.05, 0.1) is 7.11 Å². The molecule has 1 aromatic rings. The molecule has 2 fully saturated rings. The summed E-state index contributed by atoms with van der Waals surface area (Å²) in [6.07, 6.45) is -7.01. The molecule has 4 unspecified atom stereocenters. The third-order valence-electron chi connectivity index (χ3n) is 5.56. The molecule has 1 heterocycles. The summed E-state index contributed by atoms with van der Waals surface area (Å²) in [4.78, 5) is 11.6. The second-order valence-corrected chi connectivity index (χ2v) is 6.58.